The summed E-state index contributed by atoms with van der Waals surface area (Å²) in [6, 6.07) is 17.8. The van der Waals surface area contributed by atoms with Gasteiger partial charge in [-0.05, 0) is 36.4 Å². The number of benzene rings is 1. The molecule has 0 bridgehead atoms. The third-order valence-corrected chi connectivity index (χ3v) is 5.26. The highest BCUT2D eigenvalue weighted by molar-refractivity contribution is 5.92. The minimum absolute atomic E-state index is 0.667. The molecule has 1 aromatic carbocycles. The molecule has 0 aliphatic carbocycles. The van der Waals surface area contributed by atoms with Gasteiger partial charge < -0.3 is 9.47 Å². The Bertz CT molecular complexity index is 1000. The molecule has 2 aromatic heterocycles. The molecule has 0 atom stereocenters. The number of hydrazone groups is 1. The lowest BCUT2D eigenvalue weighted by Gasteiger charge is -2.27. The summed E-state index contributed by atoms with van der Waals surface area (Å²) in [5.74, 6) is 1.50. The van der Waals surface area contributed by atoms with E-state index in [0.29, 0.717) is 26.2 Å². The van der Waals surface area contributed by atoms with Crippen molar-refractivity contribution in [3.8, 4) is 11.5 Å². The molecule has 3 heterocycles. The quantitative estimate of drug-likeness (QED) is 0.514. The summed E-state index contributed by atoms with van der Waals surface area (Å²) in [6.07, 6.45) is 3.65. The van der Waals surface area contributed by atoms with Crippen molar-refractivity contribution in [2.24, 2.45) is 5.10 Å². The maximum Gasteiger partial charge on any atom is 0.147 e. The van der Waals surface area contributed by atoms with Crippen LogP contribution >= 0.6 is 0 Å². The number of aromatic nitrogens is 2. The molecule has 0 spiro atoms. The lowest BCUT2D eigenvalue weighted by molar-refractivity contribution is 0.286. The third kappa shape index (κ3) is 5.15. The Morgan fingerprint density at radius 1 is 0.875 bits per heavy atom. The Hall–Kier alpha value is -3.65. The largest absolute Gasteiger partial charge is 0.497 e. The lowest BCUT2D eigenvalue weighted by atomic mass is 10.2. The summed E-state index contributed by atoms with van der Waals surface area (Å²) >= 11 is 0. The van der Waals surface area contributed by atoms with Crippen molar-refractivity contribution >= 4 is 11.4 Å². The Morgan fingerprint density at radius 3 is 2.12 bits per heavy atom. The molecular formula is C24H28N6O2. The van der Waals surface area contributed by atoms with Gasteiger partial charge in [0.25, 0.3) is 0 Å². The van der Waals surface area contributed by atoms with Gasteiger partial charge in [-0.25, -0.2) is 5.12 Å². The molecule has 1 aliphatic heterocycles. The smallest absolute Gasteiger partial charge is 0.147 e. The third-order valence-electron chi connectivity index (χ3n) is 5.26. The van der Waals surface area contributed by atoms with Crippen LogP contribution in [0, 0.1) is 0 Å². The van der Waals surface area contributed by atoms with Gasteiger partial charge in [0, 0.05) is 45.1 Å². The van der Waals surface area contributed by atoms with Crippen molar-refractivity contribution in [2.45, 2.75) is 13.1 Å². The standard InChI is InChI=1S/C24H28N6O2/c1-28-27-21(18-30(28)23-11-10-22(31-2)14-24(23)32-3)17-29(15-19-8-4-6-12-25-19)16-20-9-5-7-13-26-20/h4-14H,15-18H2,1-3H3. The van der Waals surface area contributed by atoms with Crippen molar-refractivity contribution in [1.82, 2.24) is 20.0 Å². The van der Waals surface area contributed by atoms with Crippen molar-refractivity contribution in [3.05, 3.63) is 78.4 Å². The predicted molar refractivity (Wildman–Crippen MR) is 125 cm³/mol. The van der Waals surface area contributed by atoms with E-state index in [1.807, 2.05) is 79.2 Å². The molecule has 0 N–H and O–H groups in total. The van der Waals surface area contributed by atoms with Crippen LogP contribution in [0.1, 0.15) is 11.4 Å². The van der Waals surface area contributed by atoms with E-state index in [2.05, 4.69) is 19.9 Å². The molecule has 0 amide bonds. The van der Waals surface area contributed by atoms with Crippen LogP contribution in [0.5, 0.6) is 11.5 Å². The zero-order valence-electron chi connectivity index (χ0n) is 18.7. The fourth-order valence-electron chi connectivity index (χ4n) is 3.75. The number of anilines is 1. The summed E-state index contributed by atoms with van der Waals surface area (Å²) in [5, 5.41) is 8.75. The van der Waals surface area contributed by atoms with Crippen LogP contribution in [0.15, 0.2) is 72.1 Å². The van der Waals surface area contributed by atoms with Gasteiger partial charge in [0.1, 0.15) is 17.2 Å². The second-order valence-corrected chi connectivity index (χ2v) is 7.54. The molecule has 0 fully saturated rings. The van der Waals surface area contributed by atoms with Crippen LogP contribution in [-0.4, -0.2) is 60.1 Å². The molecule has 8 heteroatoms. The minimum Gasteiger partial charge on any atom is -0.497 e. The van der Waals surface area contributed by atoms with E-state index in [9.17, 15) is 0 Å². The molecule has 0 saturated heterocycles. The average molecular weight is 433 g/mol. The maximum atomic E-state index is 5.60. The number of pyridine rings is 2. The molecule has 0 saturated carbocycles. The van der Waals surface area contributed by atoms with Gasteiger partial charge in [0.05, 0.1) is 37.9 Å². The number of hydrazine groups is 1. The van der Waals surface area contributed by atoms with Gasteiger partial charge in [-0.1, -0.05) is 12.1 Å². The van der Waals surface area contributed by atoms with Crippen molar-refractivity contribution in [2.75, 3.05) is 39.4 Å². The Labute approximate surface area is 188 Å². The van der Waals surface area contributed by atoms with E-state index in [0.717, 1.165) is 34.3 Å². The van der Waals surface area contributed by atoms with Crippen LogP contribution in [-0.2, 0) is 13.1 Å². The van der Waals surface area contributed by atoms with Crippen LogP contribution in [0.2, 0.25) is 0 Å². The normalized spacial score (nSPS) is 13.4. The van der Waals surface area contributed by atoms with E-state index in [1.165, 1.54) is 0 Å². The Morgan fingerprint density at radius 2 is 1.56 bits per heavy atom. The van der Waals surface area contributed by atoms with Gasteiger partial charge in [-0.2, -0.15) is 5.10 Å². The van der Waals surface area contributed by atoms with Gasteiger partial charge in [-0.15, -0.1) is 0 Å². The molecule has 0 radical (unpaired) electrons. The summed E-state index contributed by atoms with van der Waals surface area (Å²) in [4.78, 5) is 11.3. The molecule has 4 rings (SSSR count). The first-order valence-electron chi connectivity index (χ1n) is 10.5. The average Bonchev–Trinajstić information content (AvgIpc) is 3.19. The summed E-state index contributed by atoms with van der Waals surface area (Å²) in [7, 11) is 5.26. The van der Waals surface area contributed by atoms with E-state index in [-0.39, 0.29) is 0 Å². The zero-order valence-corrected chi connectivity index (χ0v) is 18.7. The van der Waals surface area contributed by atoms with Crippen LogP contribution in [0.25, 0.3) is 0 Å². The Kier molecular flexibility index (Phi) is 6.81. The van der Waals surface area contributed by atoms with E-state index in [1.54, 1.807) is 14.2 Å². The van der Waals surface area contributed by atoms with E-state index in [4.69, 9.17) is 14.6 Å². The fraction of sp³-hybridized carbons (Fsp3) is 0.292. The highest BCUT2D eigenvalue weighted by atomic mass is 16.5. The summed E-state index contributed by atoms with van der Waals surface area (Å²) < 4.78 is 10.9. The van der Waals surface area contributed by atoms with Crippen molar-refractivity contribution in [3.63, 3.8) is 0 Å². The highest BCUT2D eigenvalue weighted by Gasteiger charge is 2.26. The minimum atomic E-state index is 0.667. The van der Waals surface area contributed by atoms with Crippen molar-refractivity contribution < 1.29 is 9.47 Å². The second-order valence-electron chi connectivity index (χ2n) is 7.54. The number of nitrogens with zero attached hydrogens (tertiary/aromatic N) is 6. The second kappa shape index (κ2) is 10.1. The molecule has 32 heavy (non-hydrogen) atoms. The van der Waals surface area contributed by atoms with E-state index < -0.39 is 0 Å². The van der Waals surface area contributed by atoms with Gasteiger partial charge in [-0.3, -0.25) is 19.9 Å². The number of hydrogen-bond donors (Lipinski definition) is 0. The molecule has 166 valence electrons. The van der Waals surface area contributed by atoms with Gasteiger partial charge >= 0.3 is 0 Å². The van der Waals surface area contributed by atoms with Gasteiger partial charge in [0.15, 0.2) is 0 Å². The first-order chi connectivity index (χ1) is 15.7. The highest BCUT2D eigenvalue weighted by Crippen LogP contribution is 2.34. The molecule has 0 unspecified atom stereocenters. The van der Waals surface area contributed by atoms with E-state index >= 15 is 0 Å². The SMILES string of the molecule is COc1ccc(N2CC(CN(Cc3ccccn3)Cc3ccccn3)=NN2C)c(OC)c1. The topological polar surface area (TPSA) is 66.3 Å². The maximum absolute atomic E-state index is 5.60. The number of hydrogen-bond acceptors (Lipinski definition) is 8. The molecule has 3 aromatic rings. The monoisotopic (exact) mass is 432 g/mol. The zero-order chi connectivity index (χ0) is 22.3. The van der Waals surface area contributed by atoms with Crippen LogP contribution in [0.4, 0.5) is 5.69 Å². The lowest BCUT2D eigenvalue weighted by Crippen LogP contribution is -2.36. The predicted octanol–water partition coefficient (Wildman–Crippen LogP) is 3.22. The fourth-order valence-corrected chi connectivity index (χ4v) is 3.75. The number of ether oxygens (including phenoxy) is 2. The number of methoxy groups -OCH3 is 2. The molecule has 8 nitrogen and oxygen atoms in total. The first-order valence-corrected chi connectivity index (χ1v) is 10.5. The molecular weight excluding hydrogens is 404 g/mol. The Balaban J connectivity index is 1.50. The van der Waals surface area contributed by atoms with Crippen molar-refractivity contribution in [1.29, 1.82) is 0 Å². The van der Waals surface area contributed by atoms with Gasteiger partial charge in [0.2, 0.25) is 0 Å². The summed E-state index contributed by atoms with van der Waals surface area (Å²) in [6.45, 7) is 2.80. The van der Waals surface area contributed by atoms with Crippen LogP contribution in [0.3, 0.4) is 0 Å². The van der Waals surface area contributed by atoms with Crippen LogP contribution < -0.4 is 14.5 Å². The molecule has 1 aliphatic rings. The summed E-state index contributed by atoms with van der Waals surface area (Å²) in [5.41, 5.74) is 4.03. The number of rotatable bonds is 9. The first kappa shape index (κ1) is 21.6.